The summed E-state index contributed by atoms with van der Waals surface area (Å²) in [7, 11) is 0. The van der Waals surface area contributed by atoms with E-state index in [1.165, 1.54) is 12.1 Å². The summed E-state index contributed by atoms with van der Waals surface area (Å²) in [4.78, 5) is 27.9. The third-order valence-corrected chi connectivity index (χ3v) is 5.31. The molecule has 0 unspecified atom stereocenters. The Kier molecular flexibility index (Phi) is 6.90. The molecule has 2 heterocycles. The predicted octanol–water partition coefficient (Wildman–Crippen LogP) is 4.27. The molecule has 1 fully saturated rings. The number of nitrogens with zero attached hydrogens (tertiary/aromatic N) is 2. The second-order valence-electron chi connectivity index (χ2n) is 8.85. The van der Waals surface area contributed by atoms with Crippen LogP contribution >= 0.6 is 0 Å². The summed E-state index contributed by atoms with van der Waals surface area (Å²) in [6, 6.07) is 6.86. The van der Waals surface area contributed by atoms with Gasteiger partial charge in [-0.3, -0.25) is 9.59 Å². The first-order valence-electron chi connectivity index (χ1n) is 10.6. The number of rotatable bonds is 6. The van der Waals surface area contributed by atoms with Gasteiger partial charge in [0.25, 0.3) is 5.91 Å². The van der Waals surface area contributed by atoms with Gasteiger partial charge in [0.1, 0.15) is 11.9 Å². The minimum absolute atomic E-state index is 0.0528. The van der Waals surface area contributed by atoms with Crippen molar-refractivity contribution in [2.45, 2.75) is 59.0 Å². The molecule has 2 aromatic rings. The molecule has 0 bridgehead atoms. The summed E-state index contributed by atoms with van der Waals surface area (Å²) in [5, 5.41) is 7.06. The molecule has 162 valence electrons. The van der Waals surface area contributed by atoms with E-state index in [1.807, 2.05) is 13.8 Å². The molecule has 1 N–H and O–H groups in total. The fourth-order valence-electron chi connectivity index (χ4n) is 3.90. The van der Waals surface area contributed by atoms with Crippen LogP contribution in [0.3, 0.4) is 0 Å². The molecular weight excluding hydrogens is 385 g/mol. The number of aromatic nitrogens is 1. The maximum absolute atomic E-state index is 13.3. The van der Waals surface area contributed by atoms with Gasteiger partial charge in [-0.2, -0.15) is 0 Å². The van der Waals surface area contributed by atoms with Crippen molar-refractivity contribution >= 4 is 11.8 Å². The van der Waals surface area contributed by atoms with Crippen LogP contribution in [0.1, 0.15) is 57.4 Å². The molecule has 0 saturated carbocycles. The molecule has 2 amide bonds. The van der Waals surface area contributed by atoms with Crippen molar-refractivity contribution in [3.05, 3.63) is 41.8 Å². The van der Waals surface area contributed by atoms with E-state index in [0.29, 0.717) is 36.6 Å². The van der Waals surface area contributed by atoms with Gasteiger partial charge in [0.15, 0.2) is 11.5 Å². The Hall–Kier alpha value is -2.70. The average Bonchev–Trinajstić information content (AvgIpc) is 3.11. The third-order valence-electron chi connectivity index (χ3n) is 5.31. The van der Waals surface area contributed by atoms with Crippen molar-refractivity contribution < 1.29 is 18.5 Å². The predicted molar refractivity (Wildman–Crippen MR) is 112 cm³/mol. The van der Waals surface area contributed by atoms with E-state index < -0.39 is 6.04 Å². The van der Waals surface area contributed by atoms with Crippen molar-refractivity contribution in [1.82, 2.24) is 15.4 Å². The molecule has 0 aliphatic carbocycles. The highest BCUT2D eigenvalue weighted by molar-refractivity contribution is 5.97. The monoisotopic (exact) mass is 415 g/mol. The normalized spacial score (nSPS) is 19.8. The van der Waals surface area contributed by atoms with Crippen LogP contribution in [0.25, 0.3) is 11.3 Å². The Labute approximate surface area is 176 Å². The third kappa shape index (κ3) is 5.26. The Bertz CT molecular complexity index is 876. The van der Waals surface area contributed by atoms with Crippen molar-refractivity contribution in [1.29, 1.82) is 0 Å². The fraction of sp³-hybridized carbons (Fsp3) is 0.522. The molecular formula is C23H30FN3O3. The molecule has 0 spiro atoms. The molecule has 1 saturated heterocycles. The van der Waals surface area contributed by atoms with Gasteiger partial charge in [-0.05, 0) is 55.4 Å². The minimum atomic E-state index is -0.541. The van der Waals surface area contributed by atoms with E-state index in [2.05, 4.69) is 24.3 Å². The van der Waals surface area contributed by atoms with Gasteiger partial charge in [-0.15, -0.1) is 0 Å². The maximum atomic E-state index is 13.3. The van der Waals surface area contributed by atoms with Crippen LogP contribution < -0.4 is 5.32 Å². The summed E-state index contributed by atoms with van der Waals surface area (Å²) in [6.07, 6.45) is 2.16. The van der Waals surface area contributed by atoms with Crippen LogP contribution in [-0.2, 0) is 4.79 Å². The summed E-state index contributed by atoms with van der Waals surface area (Å²) >= 11 is 0. The van der Waals surface area contributed by atoms with Crippen LogP contribution in [0, 0.1) is 17.7 Å². The summed E-state index contributed by atoms with van der Waals surface area (Å²) in [6.45, 7) is 8.80. The van der Waals surface area contributed by atoms with Crippen molar-refractivity contribution in [2.24, 2.45) is 11.8 Å². The van der Waals surface area contributed by atoms with E-state index in [0.717, 1.165) is 6.42 Å². The first-order valence-corrected chi connectivity index (χ1v) is 10.6. The van der Waals surface area contributed by atoms with E-state index in [-0.39, 0.29) is 35.3 Å². The number of halogens is 1. The number of hydrogen-bond donors (Lipinski definition) is 1. The van der Waals surface area contributed by atoms with Crippen LogP contribution in [0.4, 0.5) is 4.39 Å². The molecule has 3 rings (SSSR count). The Morgan fingerprint density at radius 3 is 2.50 bits per heavy atom. The van der Waals surface area contributed by atoms with Crippen molar-refractivity contribution in [2.75, 3.05) is 6.54 Å². The summed E-state index contributed by atoms with van der Waals surface area (Å²) in [5.41, 5.74) is 0.783. The molecule has 1 aliphatic heterocycles. The molecule has 7 heteroatoms. The van der Waals surface area contributed by atoms with Crippen LogP contribution in [0.2, 0.25) is 0 Å². The SMILES string of the molecule is CC(C)C[C@H]1CCN(C(=O)c2cc(-c3ccc(F)cc3)on2)[C@@H](CC(C)C)C(=O)N1. The zero-order valence-electron chi connectivity index (χ0n) is 18.0. The van der Waals surface area contributed by atoms with Crippen LogP contribution in [0.15, 0.2) is 34.9 Å². The van der Waals surface area contributed by atoms with Gasteiger partial charge in [-0.1, -0.05) is 32.9 Å². The first kappa shape index (κ1) is 22.0. The lowest BCUT2D eigenvalue weighted by molar-refractivity contribution is -0.125. The standard InChI is InChI=1S/C23H30FN3O3/c1-14(2)11-18-9-10-27(20(12-15(3)4)22(28)25-18)23(29)19-13-21(30-26-19)16-5-7-17(24)8-6-16/h5-8,13-15,18,20H,9-12H2,1-4H3,(H,25,28)/t18-,20+/m1/s1. The lowest BCUT2D eigenvalue weighted by atomic mass is 10.0. The molecule has 6 nitrogen and oxygen atoms in total. The number of amides is 2. The number of hydrogen-bond acceptors (Lipinski definition) is 4. The Morgan fingerprint density at radius 2 is 1.87 bits per heavy atom. The van der Waals surface area contributed by atoms with Gasteiger partial charge in [-0.25, -0.2) is 4.39 Å². The minimum Gasteiger partial charge on any atom is -0.355 e. The lowest BCUT2D eigenvalue weighted by Crippen LogP contribution is -2.48. The van der Waals surface area contributed by atoms with Gasteiger partial charge >= 0.3 is 0 Å². The largest absolute Gasteiger partial charge is 0.355 e. The van der Waals surface area contributed by atoms with E-state index in [9.17, 15) is 14.0 Å². The molecule has 1 aromatic heterocycles. The Balaban J connectivity index is 1.84. The smallest absolute Gasteiger partial charge is 0.276 e. The van der Waals surface area contributed by atoms with Gasteiger partial charge in [0.05, 0.1) is 0 Å². The van der Waals surface area contributed by atoms with E-state index in [1.54, 1.807) is 23.1 Å². The zero-order valence-corrected chi connectivity index (χ0v) is 18.0. The van der Waals surface area contributed by atoms with Gasteiger partial charge < -0.3 is 14.7 Å². The lowest BCUT2D eigenvalue weighted by Gasteiger charge is -2.28. The van der Waals surface area contributed by atoms with Crippen LogP contribution in [-0.4, -0.2) is 40.5 Å². The second-order valence-corrected chi connectivity index (χ2v) is 8.85. The number of carbonyl (C=O) groups excluding carboxylic acids is 2. The molecule has 30 heavy (non-hydrogen) atoms. The number of benzene rings is 1. The quantitative estimate of drug-likeness (QED) is 0.764. The highest BCUT2D eigenvalue weighted by Gasteiger charge is 2.36. The fourth-order valence-corrected chi connectivity index (χ4v) is 3.90. The number of nitrogens with one attached hydrogen (secondary N) is 1. The van der Waals surface area contributed by atoms with Crippen molar-refractivity contribution in [3.63, 3.8) is 0 Å². The van der Waals surface area contributed by atoms with Crippen LogP contribution in [0.5, 0.6) is 0 Å². The van der Waals surface area contributed by atoms with E-state index >= 15 is 0 Å². The first-order chi connectivity index (χ1) is 14.2. The zero-order chi connectivity index (χ0) is 21.8. The Morgan fingerprint density at radius 1 is 1.20 bits per heavy atom. The highest BCUT2D eigenvalue weighted by atomic mass is 19.1. The summed E-state index contributed by atoms with van der Waals surface area (Å²) in [5.74, 6) is 0.314. The van der Waals surface area contributed by atoms with Gasteiger partial charge in [0.2, 0.25) is 5.91 Å². The van der Waals surface area contributed by atoms with Gasteiger partial charge in [0, 0.05) is 24.2 Å². The second kappa shape index (κ2) is 9.41. The molecule has 1 aromatic carbocycles. The maximum Gasteiger partial charge on any atom is 0.276 e. The molecule has 0 radical (unpaired) electrons. The van der Waals surface area contributed by atoms with E-state index in [4.69, 9.17) is 4.52 Å². The topological polar surface area (TPSA) is 75.4 Å². The molecule has 2 atom stereocenters. The number of carbonyl (C=O) groups is 2. The summed E-state index contributed by atoms with van der Waals surface area (Å²) < 4.78 is 18.5. The molecule has 1 aliphatic rings. The average molecular weight is 416 g/mol. The van der Waals surface area contributed by atoms with Crippen molar-refractivity contribution in [3.8, 4) is 11.3 Å². The highest BCUT2D eigenvalue weighted by Crippen LogP contribution is 2.24.